The zero-order valence-electron chi connectivity index (χ0n) is 19.4. The number of para-hydroxylation sites is 1. The molecule has 34 heavy (non-hydrogen) atoms. The topological polar surface area (TPSA) is 73.2 Å². The Hall–Kier alpha value is -3.19. The second-order valence-corrected chi connectivity index (χ2v) is 9.97. The Bertz CT molecular complexity index is 1370. The maximum atomic E-state index is 13.7. The SMILES string of the molecule is COc1c(C(=O)NCCC2CCCCC2)sc2c1c(=O)n(Cc1ccccn1)c1ccccc21. The number of fused-ring (bicyclic) bond motifs is 3. The number of aromatic nitrogens is 2. The number of hydrogen-bond donors (Lipinski definition) is 1. The smallest absolute Gasteiger partial charge is 0.265 e. The number of nitrogens with one attached hydrogen (secondary N) is 1. The zero-order chi connectivity index (χ0) is 23.5. The summed E-state index contributed by atoms with van der Waals surface area (Å²) in [6.07, 6.45) is 9.14. The van der Waals surface area contributed by atoms with Gasteiger partial charge in [-0.2, -0.15) is 0 Å². The third kappa shape index (κ3) is 4.32. The molecule has 0 spiro atoms. The lowest BCUT2D eigenvalue weighted by Crippen LogP contribution is -2.26. The van der Waals surface area contributed by atoms with Crippen LogP contribution in [0.1, 0.15) is 53.9 Å². The molecular weight excluding hydrogens is 446 g/mol. The maximum absolute atomic E-state index is 13.7. The minimum atomic E-state index is -0.173. The standard InChI is InChI=1S/C27H29N3O3S/c1-33-23-22-24(34-25(23)26(31)29-16-14-18-9-3-2-4-10-18)20-12-5-6-13-21(20)30(27(22)32)17-19-11-7-8-15-28-19/h5-8,11-13,15,18H,2-4,9-10,14,16-17H2,1H3,(H,29,31). The molecule has 5 rings (SSSR count). The summed E-state index contributed by atoms with van der Waals surface area (Å²) in [6, 6.07) is 13.5. The number of hydrogen-bond acceptors (Lipinski definition) is 5. The molecule has 1 amide bonds. The van der Waals surface area contributed by atoms with E-state index in [-0.39, 0.29) is 11.5 Å². The highest BCUT2D eigenvalue weighted by atomic mass is 32.1. The molecule has 3 aromatic heterocycles. The van der Waals surface area contributed by atoms with Crippen LogP contribution in [0.25, 0.3) is 21.0 Å². The Balaban J connectivity index is 1.53. The first kappa shape index (κ1) is 22.6. The molecule has 1 N–H and O–H groups in total. The fraction of sp³-hybridized carbons (Fsp3) is 0.370. The molecule has 1 aliphatic carbocycles. The van der Waals surface area contributed by atoms with Crippen LogP contribution >= 0.6 is 11.3 Å². The molecule has 1 saturated carbocycles. The van der Waals surface area contributed by atoms with E-state index >= 15 is 0 Å². The fourth-order valence-electron chi connectivity index (χ4n) is 5.05. The molecule has 1 fully saturated rings. The van der Waals surface area contributed by atoms with Crippen molar-refractivity contribution in [1.82, 2.24) is 14.9 Å². The van der Waals surface area contributed by atoms with Crippen molar-refractivity contribution in [3.05, 3.63) is 69.6 Å². The van der Waals surface area contributed by atoms with Gasteiger partial charge < -0.3 is 14.6 Å². The van der Waals surface area contributed by atoms with Gasteiger partial charge in [-0.25, -0.2) is 0 Å². The molecule has 0 radical (unpaired) electrons. The summed E-state index contributed by atoms with van der Waals surface area (Å²) in [7, 11) is 1.53. The monoisotopic (exact) mass is 475 g/mol. The molecule has 0 atom stereocenters. The van der Waals surface area contributed by atoms with E-state index in [1.165, 1.54) is 50.6 Å². The van der Waals surface area contributed by atoms with E-state index in [0.29, 0.717) is 35.0 Å². The van der Waals surface area contributed by atoms with Crippen molar-refractivity contribution in [3.63, 3.8) is 0 Å². The lowest BCUT2D eigenvalue weighted by atomic mass is 9.87. The number of carbonyl (C=O) groups is 1. The molecule has 0 aliphatic heterocycles. The van der Waals surface area contributed by atoms with Gasteiger partial charge in [-0.05, 0) is 30.5 Å². The highest BCUT2D eigenvalue weighted by molar-refractivity contribution is 7.22. The Morgan fingerprint density at radius 2 is 1.94 bits per heavy atom. The van der Waals surface area contributed by atoms with Gasteiger partial charge in [-0.3, -0.25) is 14.6 Å². The Morgan fingerprint density at radius 3 is 2.71 bits per heavy atom. The summed E-state index contributed by atoms with van der Waals surface area (Å²) < 4.78 is 8.18. The molecule has 176 valence electrons. The number of ether oxygens (including phenoxy) is 1. The predicted octanol–water partition coefficient (Wildman–Crippen LogP) is 5.37. The molecular formula is C27H29N3O3S. The van der Waals surface area contributed by atoms with E-state index < -0.39 is 0 Å². The number of amides is 1. The van der Waals surface area contributed by atoms with Crippen molar-refractivity contribution >= 4 is 38.2 Å². The van der Waals surface area contributed by atoms with Crippen molar-refractivity contribution in [3.8, 4) is 5.75 Å². The van der Waals surface area contributed by atoms with E-state index in [0.717, 1.165) is 27.7 Å². The van der Waals surface area contributed by atoms with Gasteiger partial charge in [0.05, 0.1) is 29.6 Å². The molecule has 4 aromatic rings. The number of benzene rings is 1. The average Bonchev–Trinajstić information content (AvgIpc) is 3.28. The van der Waals surface area contributed by atoms with Crippen molar-refractivity contribution in [2.75, 3.05) is 13.7 Å². The van der Waals surface area contributed by atoms with Crippen LogP contribution in [-0.2, 0) is 6.54 Å². The molecule has 0 unspecified atom stereocenters. The molecule has 1 aliphatic rings. The highest BCUT2D eigenvalue weighted by Gasteiger charge is 2.25. The van der Waals surface area contributed by atoms with Gasteiger partial charge in [-0.1, -0.05) is 56.4 Å². The largest absolute Gasteiger partial charge is 0.494 e. The second-order valence-electron chi connectivity index (χ2n) is 8.95. The van der Waals surface area contributed by atoms with Crippen LogP contribution in [0.2, 0.25) is 0 Å². The van der Waals surface area contributed by atoms with Crippen LogP contribution in [0.5, 0.6) is 5.75 Å². The summed E-state index contributed by atoms with van der Waals surface area (Å²) in [5.74, 6) is 0.885. The Labute approximate surface area is 202 Å². The molecule has 6 nitrogen and oxygen atoms in total. The molecule has 0 saturated heterocycles. The minimum absolute atomic E-state index is 0.172. The van der Waals surface area contributed by atoms with Crippen molar-refractivity contribution in [2.24, 2.45) is 5.92 Å². The molecule has 0 bridgehead atoms. The number of methoxy groups -OCH3 is 1. The highest BCUT2D eigenvalue weighted by Crippen LogP contribution is 2.39. The van der Waals surface area contributed by atoms with E-state index in [2.05, 4.69) is 10.3 Å². The number of rotatable bonds is 7. The van der Waals surface area contributed by atoms with Gasteiger partial charge in [0.1, 0.15) is 10.3 Å². The lowest BCUT2D eigenvalue weighted by molar-refractivity contribution is 0.0952. The minimum Gasteiger partial charge on any atom is -0.494 e. The number of carbonyl (C=O) groups excluding carboxylic acids is 1. The van der Waals surface area contributed by atoms with Gasteiger partial charge in [-0.15, -0.1) is 11.3 Å². The molecule has 3 heterocycles. The Morgan fingerprint density at radius 1 is 1.15 bits per heavy atom. The maximum Gasteiger partial charge on any atom is 0.265 e. The third-order valence-corrected chi connectivity index (χ3v) is 7.99. The van der Waals surface area contributed by atoms with Crippen LogP contribution in [0.4, 0.5) is 0 Å². The first-order valence-corrected chi connectivity index (χ1v) is 12.8. The Kier molecular flexibility index (Phi) is 6.63. The van der Waals surface area contributed by atoms with Crippen molar-refractivity contribution < 1.29 is 9.53 Å². The quantitative estimate of drug-likeness (QED) is 0.390. The van der Waals surface area contributed by atoms with Crippen LogP contribution in [0, 0.1) is 5.92 Å². The van der Waals surface area contributed by atoms with E-state index in [1.807, 2.05) is 42.5 Å². The van der Waals surface area contributed by atoms with Gasteiger partial charge in [0, 0.05) is 18.1 Å². The van der Waals surface area contributed by atoms with Crippen LogP contribution in [0.15, 0.2) is 53.5 Å². The van der Waals surface area contributed by atoms with Gasteiger partial charge >= 0.3 is 0 Å². The molecule has 1 aromatic carbocycles. The van der Waals surface area contributed by atoms with Crippen molar-refractivity contribution in [1.29, 1.82) is 0 Å². The summed E-state index contributed by atoms with van der Waals surface area (Å²) in [4.78, 5) is 31.7. The van der Waals surface area contributed by atoms with E-state index in [9.17, 15) is 9.59 Å². The molecule has 7 heteroatoms. The van der Waals surface area contributed by atoms with Crippen LogP contribution in [0.3, 0.4) is 0 Å². The second kappa shape index (κ2) is 9.97. The van der Waals surface area contributed by atoms with Gasteiger partial charge in [0.2, 0.25) is 0 Å². The van der Waals surface area contributed by atoms with E-state index in [4.69, 9.17) is 4.74 Å². The van der Waals surface area contributed by atoms with Crippen LogP contribution in [-0.4, -0.2) is 29.1 Å². The van der Waals surface area contributed by atoms with Crippen molar-refractivity contribution in [2.45, 2.75) is 45.1 Å². The van der Waals surface area contributed by atoms with E-state index in [1.54, 1.807) is 10.8 Å². The summed E-state index contributed by atoms with van der Waals surface area (Å²) in [6.45, 7) is 0.990. The number of pyridine rings is 2. The first-order chi connectivity index (χ1) is 16.7. The summed E-state index contributed by atoms with van der Waals surface area (Å²) in [5.41, 5.74) is 1.44. The van der Waals surface area contributed by atoms with Crippen LogP contribution < -0.4 is 15.6 Å². The zero-order valence-corrected chi connectivity index (χ0v) is 20.2. The number of nitrogens with zero attached hydrogens (tertiary/aromatic N) is 2. The first-order valence-electron chi connectivity index (χ1n) is 12.0. The summed E-state index contributed by atoms with van der Waals surface area (Å²) in [5, 5.41) is 4.46. The fourth-order valence-corrected chi connectivity index (χ4v) is 6.26. The van der Waals surface area contributed by atoms with Gasteiger partial charge in [0.25, 0.3) is 11.5 Å². The normalized spacial score (nSPS) is 14.5. The predicted molar refractivity (Wildman–Crippen MR) is 137 cm³/mol. The number of thiophene rings is 1. The summed E-state index contributed by atoms with van der Waals surface area (Å²) >= 11 is 1.34. The lowest BCUT2D eigenvalue weighted by Gasteiger charge is -2.21. The average molecular weight is 476 g/mol. The third-order valence-electron chi connectivity index (χ3n) is 6.78. The van der Waals surface area contributed by atoms with Gasteiger partial charge in [0.15, 0.2) is 5.75 Å².